The van der Waals surface area contributed by atoms with Crippen LogP contribution in [0, 0.1) is 5.82 Å². The highest BCUT2D eigenvalue weighted by Gasteiger charge is 2.22. The Morgan fingerprint density at radius 3 is 2.52 bits per heavy atom. The van der Waals surface area contributed by atoms with Crippen molar-refractivity contribution < 1.29 is 13.9 Å². The van der Waals surface area contributed by atoms with E-state index in [1.165, 1.54) is 17.4 Å². The first-order chi connectivity index (χ1) is 13.0. The minimum atomic E-state index is -0.375. The maximum Gasteiger partial charge on any atom is 0.260 e. The monoisotopic (exact) mass is 387 g/mol. The Morgan fingerprint density at radius 2 is 1.89 bits per heavy atom. The van der Waals surface area contributed by atoms with Gasteiger partial charge in [-0.05, 0) is 63.5 Å². The van der Waals surface area contributed by atoms with Crippen molar-refractivity contribution in [2.75, 3.05) is 39.2 Å². The molecule has 2 aromatic carbocycles. The lowest BCUT2D eigenvalue weighted by Gasteiger charge is -2.21. The van der Waals surface area contributed by atoms with Crippen molar-refractivity contribution in [3.63, 3.8) is 0 Å². The van der Waals surface area contributed by atoms with Gasteiger partial charge in [0.1, 0.15) is 17.1 Å². The molecule has 0 spiro atoms. The van der Waals surface area contributed by atoms with Gasteiger partial charge in [-0.1, -0.05) is 17.4 Å². The van der Waals surface area contributed by atoms with Crippen LogP contribution in [-0.4, -0.2) is 50.1 Å². The number of hydrogen-bond donors (Lipinski definition) is 0. The van der Waals surface area contributed by atoms with E-state index in [9.17, 15) is 9.18 Å². The number of carbonyl (C=O) groups excluding carboxylic acids is 1. The van der Waals surface area contributed by atoms with Crippen LogP contribution in [0.1, 0.15) is 16.8 Å². The molecule has 0 aliphatic carbocycles. The van der Waals surface area contributed by atoms with E-state index in [1.54, 1.807) is 42.3 Å². The fourth-order valence-electron chi connectivity index (χ4n) is 2.74. The van der Waals surface area contributed by atoms with Crippen LogP contribution in [0.5, 0.6) is 5.75 Å². The van der Waals surface area contributed by atoms with Crippen molar-refractivity contribution in [1.29, 1.82) is 0 Å². The van der Waals surface area contributed by atoms with Gasteiger partial charge in [-0.2, -0.15) is 0 Å². The number of nitrogens with zero attached hydrogens (tertiary/aromatic N) is 3. The topological polar surface area (TPSA) is 45.7 Å². The number of rotatable bonds is 7. The lowest BCUT2D eigenvalue weighted by atomic mass is 10.2. The Kier molecular flexibility index (Phi) is 6.03. The van der Waals surface area contributed by atoms with Gasteiger partial charge in [-0.3, -0.25) is 9.69 Å². The van der Waals surface area contributed by atoms with Crippen molar-refractivity contribution in [2.24, 2.45) is 0 Å². The molecule has 7 heteroatoms. The summed E-state index contributed by atoms with van der Waals surface area (Å²) in [5, 5.41) is 0.509. The first-order valence-electron chi connectivity index (χ1n) is 8.65. The SMILES string of the molecule is COc1ccc(C(=O)N(CCCN(C)C)c2nc3c(F)cccc3s2)cc1. The van der Waals surface area contributed by atoms with Crippen LogP contribution in [0.2, 0.25) is 0 Å². The molecule has 27 heavy (non-hydrogen) atoms. The first-order valence-corrected chi connectivity index (χ1v) is 9.47. The van der Waals surface area contributed by atoms with E-state index in [0.29, 0.717) is 28.5 Å². The first kappa shape index (κ1) is 19.3. The van der Waals surface area contributed by atoms with E-state index in [1.807, 2.05) is 20.2 Å². The lowest BCUT2D eigenvalue weighted by Crippen LogP contribution is -2.33. The van der Waals surface area contributed by atoms with Gasteiger partial charge >= 0.3 is 0 Å². The third-order valence-electron chi connectivity index (χ3n) is 4.16. The molecule has 1 amide bonds. The molecule has 5 nitrogen and oxygen atoms in total. The molecule has 0 fully saturated rings. The van der Waals surface area contributed by atoms with E-state index in [0.717, 1.165) is 17.7 Å². The number of thiazole rings is 1. The van der Waals surface area contributed by atoms with Crippen molar-refractivity contribution in [1.82, 2.24) is 9.88 Å². The van der Waals surface area contributed by atoms with Crippen molar-refractivity contribution in [3.05, 3.63) is 53.8 Å². The number of benzene rings is 2. The van der Waals surface area contributed by atoms with Gasteiger partial charge in [0.15, 0.2) is 5.13 Å². The standard InChI is InChI=1S/C20H22FN3O2S/c1-23(2)12-5-13-24(19(25)14-8-10-15(26-3)11-9-14)20-22-18-16(21)6-4-7-17(18)27-20/h4,6-11H,5,12-13H2,1-3H3. The summed E-state index contributed by atoms with van der Waals surface area (Å²) in [5.41, 5.74) is 0.845. The Labute approximate surface area is 162 Å². The summed E-state index contributed by atoms with van der Waals surface area (Å²) in [7, 11) is 5.56. The molecule has 0 atom stereocenters. The molecule has 1 heterocycles. The van der Waals surface area contributed by atoms with Crippen LogP contribution in [0.25, 0.3) is 10.2 Å². The van der Waals surface area contributed by atoms with Gasteiger partial charge in [0.25, 0.3) is 5.91 Å². The molecule has 0 N–H and O–H groups in total. The Balaban J connectivity index is 1.93. The van der Waals surface area contributed by atoms with E-state index in [-0.39, 0.29) is 11.7 Å². The molecule has 0 aliphatic heterocycles. The van der Waals surface area contributed by atoms with E-state index in [4.69, 9.17) is 4.74 Å². The normalized spacial score (nSPS) is 11.1. The van der Waals surface area contributed by atoms with Crippen LogP contribution < -0.4 is 9.64 Å². The zero-order chi connectivity index (χ0) is 19.4. The van der Waals surface area contributed by atoms with Gasteiger partial charge in [0.2, 0.25) is 0 Å². The molecule has 142 valence electrons. The number of ether oxygens (including phenoxy) is 1. The number of fused-ring (bicyclic) bond motifs is 1. The van der Waals surface area contributed by atoms with Crippen LogP contribution in [0.4, 0.5) is 9.52 Å². The number of hydrogen-bond acceptors (Lipinski definition) is 5. The largest absolute Gasteiger partial charge is 0.497 e. The number of para-hydroxylation sites is 1. The molecular weight excluding hydrogens is 365 g/mol. The molecule has 3 rings (SSSR count). The summed E-state index contributed by atoms with van der Waals surface area (Å²) in [4.78, 5) is 21.2. The Morgan fingerprint density at radius 1 is 1.15 bits per heavy atom. The quantitative estimate of drug-likeness (QED) is 0.614. The zero-order valence-electron chi connectivity index (χ0n) is 15.6. The third kappa shape index (κ3) is 4.43. The lowest BCUT2D eigenvalue weighted by molar-refractivity contribution is 0.0986. The van der Waals surface area contributed by atoms with E-state index in [2.05, 4.69) is 9.88 Å². The second-order valence-electron chi connectivity index (χ2n) is 6.43. The van der Waals surface area contributed by atoms with Crippen LogP contribution in [0.15, 0.2) is 42.5 Å². The number of carbonyl (C=O) groups is 1. The summed E-state index contributed by atoms with van der Waals surface area (Å²) in [6, 6.07) is 11.8. The summed E-state index contributed by atoms with van der Waals surface area (Å²) >= 11 is 1.32. The second-order valence-corrected chi connectivity index (χ2v) is 7.43. The second kappa shape index (κ2) is 8.45. The maximum atomic E-state index is 14.0. The van der Waals surface area contributed by atoms with Crippen LogP contribution in [0.3, 0.4) is 0 Å². The minimum absolute atomic E-state index is 0.157. The van der Waals surface area contributed by atoms with E-state index >= 15 is 0 Å². The van der Waals surface area contributed by atoms with Crippen molar-refractivity contribution in [3.8, 4) is 5.75 Å². The predicted molar refractivity (Wildman–Crippen MR) is 107 cm³/mol. The molecule has 3 aromatic rings. The average molecular weight is 387 g/mol. The molecule has 0 unspecified atom stereocenters. The maximum absolute atomic E-state index is 14.0. The summed E-state index contributed by atoms with van der Waals surface area (Å²) in [5.74, 6) is 0.156. The van der Waals surface area contributed by atoms with Crippen LogP contribution in [-0.2, 0) is 0 Å². The number of amides is 1. The van der Waals surface area contributed by atoms with Gasteiger partial charge in [0.05, 0.1) is 11.8 Å². The molecule has 0 radical (unpaired) electrons. The highest BCUT2D eigenvalue weighted by molar-refractivity contribution is 7.22. The molecular formula is C20H22FN3O2S. The number of anilines is 1. The molecule has 0 aliphatic rings. The highest BCUT2D eigenvalue weighted by Crippen LogP contribution is 2.31. The third-order valence-corrected chi connectivity index (χ3v) is 5.20. The fourth-order valence-corrected chi connectivity index (χ4v) is 3.74. The molecule has 0 saturated carbocycles. The summed E-state index contributed by atoms with van der Waals surface area (Å²) in [6.07, 6.45) is 0.785. The van der Waals surface area contributed by atoms with Crippen LogP contribution >= 0.6 is 11.3 Å². The zero-order valence-corrected chi connectivity index (χ0v) is 16.4. The van der Waals surface area contributed by atoms with Gasteiger partial charge in [-0.25, -0.2) is 9.37 Å². The summed E-state index contributed by atoms with van der Waals surface area (Å²) < 4.78 is 19.9. The molecule has 0 bridgehead atoms. The Bertz CT molecular complexity index is 925. The summed E-state index contributed by atoms with van der Waals surface area (Å²) in [6.45, 7) is 1.34. The predicted octanol–water partition coefficient (Wildman–Crippen LogP) is 4.04. The number of methoxy groups -OCH3 is 1. The van der Waals surface area contributed by atoms with Gasteiger partial charge in [0, 0.05) is 12.1 Å². The van der Waals surface area contributed by atoms with Gasteiger partial charge < -0.3 is 9.64 Å². The van der Waals surface area contributed by atoms with Crippen molar-refractivity contribution >= 4 is 32.6 Å². The van der Waals surface area contributed by atoms with Crippen molar-refractivity contribution in [2.45, 2.75) is 6.42 Å². The number of aromatic nitrogens is 1. The minimum Gasteiger partial charge on any atom is -0.497 e. The van der Waals surface area contributed by atoms with E-state index < -0.39 is 0 Å². The number of halogens is 1. The van der Waals surface area contributed by atoms with Gasteiger partial charge in [-0.15, -0.1) is 0 Å². The smallest absolute Gasteiger partial charge is 0.260 e. The highest BCUT2D eigenvalue weighted by atomic mass is 32.1. The average Bonchev–Trinajstić information content (AvgIpc) is 3.10. The fraction of sp³-hybridized carbons (Fsp3) is 0.300. The molecule has 0 saturated heterocycles. The molecule has 1 aromatic heterocycles. The Hall–Kier alpha value is -2.51.